The van der Waals surface area contributed by atoms with Gasteiger partial charge in [-0.15, -0.1) is 0 Å². The SMILES string of the molecule is Cc1ccc2c(-c3cc(F)ccc3C(N)=O)[nH]nc2c1C1CC1. The van der Waals surface area contributed by atoms with Crippen LogP contribution in [-0.2, 0) is 0 Å². The molecule has 1 aromatic heterocycles. The van der Waals surface area contributed by atoms with Crippen molar-refractivity contribution in [2.24, 2.45) is 5.73 Å². The summed E-state index contributed by atoms with van der Waals surface area (Å²) >= 11 is 0. The first-order chi connectivity index (χ1) is 11.1. The lowest BCUT2D eigenvalue weighted by Gasteiger charge is -2.07. The number of aromatic nitrogens is 2. The van der Waals surface area contributed by atoms with Gasteiger partial charge in [0.15, 0.2) is 0 Å². The molecule has 3 N–H and O–H groups in total. The largest absolute Gasteiger partial charge is 0.366 e. The lowest BCUT2D eigenvalue weighted by molar-refractivity contribution is 0.100. The van der Waals surface area contributed by atoms with Crippen LogP contribution in [0.2, 0.25) is 0 Å². The van der Waals surface area contributed by atoms with E-state index in [1.807, 2.05) is 6.07 Å². The number of H-pyrrole nitrogens is 1. The van der Waals surface area contributed by atoms with Crippen molar-refractivity contribution in [3.63, 3.8) is 0 Å². The van der Waals surface area contributed by atoms with Crippen molar-refractivity contribution in [2.45, 2.75) is 25.7 Å². The minimum Gasteiger partial charge on any atom is -0.366 e. The molecule has 1 fully saturated rings. The number of halogens is 1. The van der Waals surface area contributed by atoms with E-state index in [0.717, 1.165) is 10.9 Å². The number of aryl methyl sites for hydroxylation is 1. The second kappa shape index (κ2) is 4.91. The maximum atomic E-state index is 13.7. The summed E-state index contributed by atoms with van der Waals surface area (Å²) in [5.41, 5.74) is 10.2. The van der Waals surface area contributed by atoms with Crippen LogP contribution in [-0.4, -0.2) is 16.1 Å². The van der Waals surface area contributed by atoms with Crippen molar-refractivity contribution in [1.29, 1.82) is 0 Å². The molecule has 2 aromatic carbocycles. The Morgan fingerprint density at radius 2 is 2.09 bits per heavy atom. The molecule has 5 heteroatoms. The van der Waals surface area contributed by atoms with Crippen LogP contribution in [0.5, 0.6) is 0 Å². The number of benzene rings is 2. The van der Waals surface area contributed by atoms with Gasteiger partial charge < -0.3 is 5.73 Å². The molecule has 4 nitrogen and oxygen atoms in total. The number of carbonyl (C=O) groups excluding carboxylic acids is 1. The molecule has 0 radical (unpaired) electrons. The fourth-order valence-corrected chi connectivity index (χ4v) is 3.23. The molecule has 3 aromatic rings. The van der Waals surface area contributed by atoms with E-state index in [4.69, 9.17) is 5.73 Å². The quantitative estimate of drug-likeness (QED) is 0.775. The number of amides is 1. The summed E-state index contributed by atoms with van der Waals surface area (Å²) in [5, 5.41) is 8.32. The third kappa shape index (κ3) is 2.20. The van der Waals surface area contributed by atoms with Crippen LogP contribution in [0, 0.1) is 12.7 Å². The molecule has 1 amide bonds. The molecule has 0 spiro atoms. The zero-order valence-electron chi connectivity index (χ0n) is 12.7. The highest BCUT2D eigenvalue weighted by Gasteiger charge is 2.29. The van der Waals surface area contributed by atoms with Gasteiger partial charge in [-0.2, -0.15) is 5.10 Å². The van der Waals surface area contributed by atoms with E-state index in [2.05, 4.69) is 23.2 Å². The predicted octanol–water partition coefficient (Wildman–Crippen LogP) is 3.65. The third-order valence-corrected chi connectivity index (χ3v) is 4.49. The first kappa shape index (κ1) is 13.9. The van der Waals surface area contributed by atoms with Crippen LogP contribution in [0.3, 0.4) is 0 Å². The average molecular weight is 309 g/mol. The minimum absolute atomic E-state index is 0.283. The van der Waals surface area contributed by atoms with Crippen molar-refractivity contribution in [3.8, 4) is 11.3 Å². The Kier molecular flexibility index (Phi) is 2.98. The molecule has 23 heavy (non-hydrogen) atoms. The number of aromatic amines is 1. The van der Waals surface area contributed by atoms with Gasteiger partial charge in [0.1, 0.15) is 5.82 Å². The fraction of sp³-hybridized carbons (Fsp3) is 0.222. The van der Waals surface area contributed by atoms with Crippen LogP contribution in [0.4, 0.5) is 4.39 Å². The summed E-state index contributed by atoms with van der Waals surface area (Å²) in [6.07, 6.45) is 2.35. The van der Waals surface area contributed by atoms with Gasteiger partial charge in [0, 0.05) is 16.5 Å². The number of nitrogens with zero attached hydrogens (tertiary/aromatic N) is 1. The smallest absolute Gasteiger partial charge is 0.249 e. The second-order valence-electron chi connectivity index (χ2n) is 6.12. The Bertz CT molecular complexity index is 941. The number of hydrogen-bond acceptors (Lipinski definition) is 2. The summed E-state index contributed by atoms with van der Waals surface area (Å²) < 4.78 is 13.7. The molecule has 0 unspecified atom stereocenters. The molecule has 1 aliphatic rings. The van der Waals surface area contributed by atoms with Gasteiger partial charge in [0.25, 0.3) is 0 Å². The molecular formula is C18H16FN3O. The topological polar surface area (TPSA) is 71.8 Å². The van der Waals surface area contributed by atoms with Crippen molar-refractivity contribution in [2.75, 3.05) is 0 Å². The fourth-order valence-electron chi connectivity index (χ4n) is 3.23. The van der Waals surface area contributed by atoms with Crippen LogP contribution < -0.4 is 5.73 Å². The lowest BCUT2D eigenvalue weighted by Crippen LogP contribution is -2.12. The molecule has 1 heterocycles. The van der Waals surface area contributed by atoms with Crippen molar-refractivity contribution >= 4 is 16.8 Å². The molecule has 116 valence electrons. The average Bonchev–Trinajstić information content (AvgIpc) is 3.25. The summed E-state index contributed by atoms with van der Waals surface area (Å²) in [5.74, 6) is -0.447. The number of nitrogens with two attached hydrogens (primary N) is 1. The zero-order valence-corrected chi connectivity index (χ0v) is 12.7. The summed E-state index contributed by atoms with van der Waals surface area (Å²) in [6.45, 7) is 2.08. The number of carbonyl (C=O) groups is 1. The van der Waals surface area contributed by atoms with Gasteiger partial charge >= 0.3 is 0 Å². The Morgan fingerprint density at radius 3 is 2.78 bits per heavy atom. The van der Waals surface area contributed by atoms with E-state index >= 15 is 0 Å². The summed E-state index contributed by atoms with van der Waals surface area (Å²) in [6, 6.07) is 7.99. The van der Waals surface area contributed by atoms with Gasteiger partial charge in [-0.3, -0.25) is 9.89 Å². The number of fused-ring (bicyclic) bond motifs is 1. The van der Waals surface area contributed by atoms with E-state index in [0.29, 0.717) is 17.2 Å². The van der Waals surface area contributed by atoms with Gasteiger partial charge in [-0.1, -0.05) is 12.1 Å². The maximum absolute atomic E-state index is 13.7. The Balaban J connectivity index is 1.99. The monoisotopic (exact) mass is 309 g/mol. The summed E-state index contributed by atoms with van der Waals surface area (Å²) in [4.78, 5) is 11.7. The van der Waals surface area contributed by atoms with E-state index in [1.54, 1.807) is 0 Å². The second-order valence-corrected chi connectivity index (χ2v) is 6.12. The van der Waals surface area contributed by atoms with Gasteiger partial charge in [-0.25, -0.2) is 4.39 Å². The van der Waals surface area contributed by atoms with E-state index in [9.17, 15) is 9.18 Å². The van der Waals surface area contributed by atoms with Crippen LogP contribution in [0.25, 0.3) is 22.2 Å². The standard InChI is InChI=1S/C18H16FN3O/c1-9-2-6-13-16(21-22-17(13)15(9)10-3-4-10)14-8-11(19)5-7-12(14)18(20)23/h2,5-8,10H,3-4H2,1H3,(H2,20,23)(H,21,22). The van der Waals surface area contributed by atoms with Gasteiger partial charge in [0.05, 0.1) is 11.2 Å². The predicted molar refractivity (Wildman–Crippen MR) is 86.7 cm³/mol. The van der Waals surface area contributed by atoms with Gasteiger partial charge in [0.2, 0.25) is 5.91 Å². The third-order valence-electron chi connectivity index (χ3n) is 4.49. The Hall–Kier alpha value is -2.69. The van der Waals surface area contributed by atoms with E-state index in [-0.39, 0.29) is 5.56 Å². The lowest BCUT2D eigenvalue weighted by atomic mass is 9.96. The van der Waals surface area contributed by atoms with Crippen molar-refractivity contribution in [1.82, 2.24) is 10.2 Å². The Labute approximate surface area is 132 Å². The number of hydrogen-bond donors (Lipinski definition) is 2. The Morgan fingerprint density at radius 1 is 1.30 bits per heavy atom. The first-order valence-corrected chi connectivity index (χ1v) is 7.63. The summed E-state index contributed by atoms with van der Waals surface area (Å²) in [7, 11) is 0. The molecule has 0 aliphatic heterocycles. The molecule has 0 atom stereocenters. The van der Waals surface area contributed by atoms with Crippen molar-refractivity contribution < 1.29 is 9.18 Å². The van der Waals surface area contributed by atoms with E-state index in [1.165, 1.54) is 42.2 Å². The highest BCUT2D eigenvalue weighted by molar-refractivity contribution is 6.04. The number of rotatable bonds is 3. The number of nitrogens with one attached hydrogen (secondary N) is 1. The van der Waals surface area contributed by atoms with Crippen molar-refractivity contribution in [3.05, 3.63) is 52.8 Å². The molecule has 4 rings (SSSR count). The van der Waals surface area contributed by atoms with Gasteiger partial charge in [-0.05, 0) is 55.0 Å². The van der Waals surface area contributed by atoms with Crippen LogP contribution in [0.15, 0.2) is 30.3 Å². The zero-order chi connectivity index (χ0) is 16.1. The van der Waals surface area contributed by atoms with E-state index < -0.39 is 11.7 Å². The molecule has 1 saturated carbocycles. The highest BCUT2D eigenvalue weighted by atomic mass is 19.1. The molecule has 1 aliphatic carbocycles. The highest BCUT2D eigenvalue weighted by Crippen LogP contribution is 2.45. The molecule has 0 bridgehead atoms. The van der Waals surface area contributed by atoms with Crippen LogP contribution in [0.1, 0.15) is 40.2 Å². The minimum atomic E-state index is -0.586. The number of primary amides is 1. The normalized spacial score (nSPS) is 14.3. The molecular weight excluding hydrogens is 293 g/mol. The maximum Gasteiger partial charge on any atom is 0.249 e. The van der Waals surface area contributed by atoms with Crippen LogP contribution >= 0.6 is 0 Å². The first-order valence-electron chi connectivity index (χ1n) is 7.63. The molecule has 0 saturated heterocycles.